The molecule has 1 aliphatic heterocycles. The normalized spacial score (nSPS) is 17.5. The van der Waals surface area contributed by atoms with E-state index in [0.717, 1.165) is 50.8 Å². The number of benzene rings is 7. The van der Waals surface area contributed by atoms with Gasteiger partial charge in [-0.05, 0) is 106 Å². The van der Waals surface area contributed by atoms with E-state index in [9.17, 15) is 0 Å². The molecule has 0 fully saturated rings. The molecule has 2 atom stereocenters. The molecule has 11 rings (SSSR count). The van der Waals surface area contributed by atoms with Crippen LogP contribution in [0.3, 0.4) is 0 Å². The van der Waals surface area contributed by atoms with Crippen molar-refractivity contribution >= 4 is 50.6 Å². The fourth-order valence-electron chi connectivity index (χ4n) is 9.42. The lowest BCUT2D eigenvalue weighted by atomic mass is 9.73. The summed E-state index contributed by atoms with van der Waals surface area (Å²) in [5, 5.41) is 3.70. The van der Waals surface area contributed by atoms with Crippen LogP contribution in [-0.4, -0.2) is 27.3 Å². The summed E-state index contributed by atoms with van der Waals surface area (Å²) in [5.74, 6) is -0.276. The Morgan fingerprint density at radius 3 is 1.98 bits per heavy atom. The van der Waals surface area contributed by atoms with Crippen molar-refractivity contribution in [3.8, 4) is 27.9 Å². The van der Waals surface area contributed by atoms with Crippen molar-refractivity contribution < 1.29 is 4.39 Å². The predicted molar refractivity (Wildman–Crippen MR) is 243 cm³/mol. The Bertz CT molecular complexity index is 3170. The second kappa shape index (κ2) is 13.7. The Morgan fingerprint density at radius 1 is 0.593 bits per heavy atom. The number of hydrogen-bond acceptors (Lipinski definition) is 2. The maximum Gasteiger partial charge on any atom is 0.202 e. The zero-order valence-corrected chi connectivity index (χ0v) is 32.9. The highest BCUT2D eigenvalue weighted by Crippen LogP contribution is 2.44. The number of rotatable bonds is 6. The van der Waals surface area contributed by atoms with Crippen LogP contribution in [0.25, 0.3) is 72.3 Å². The molecule has 3 heterocycles. The van der Waals surface area contributed by atoms with Crippen molar-refractivity contribution in [2.75, 3.05) is 7.05 Å². The Kier molecular flexibility index (Phi) is 8.12. The van der Waals surface area contributed by atoms with Crippen LogP contribution in [0.1, 0.15) is 35.6 Å². The van der Waals surface area contributed by atoms with Gasteiger partial charge in [-0.3, -0.25) is 0 Å². The monoisotopic (exact) mass is 764 g/mol. The second-order valence-electron chi connectivity index (χ2n) is 16.1. The largest absolute Gasteiger partial charge is 0.341 e. The summed E-state index contributed by atoms with van der Waals surface area (Å²) in [7, 11) is 2.05. The van der Waals surface area contributed by atoms with E-state index in [2.05, 4.69) is 186 Å². The average Bonchev–Trinajstić information content (AvgIpc) is 3.79. The minimum atomic E-state index is -0.317. The fourth-order valence-corrected chi connectivity index (χ4v) is 9.42. The van der Waals surface area contributed by atoms with Crippen LogP contribution in [0.4, 0.5) is 4.39 Å². The zero-order chi connectivity index (χ0) is 39.7. The van der Waals surface area contributed by atoms with Crippen LogP contribution in [0, 0.1) is 5.82 Å². The van der Waals surface area contributed by atoms with Crippen LogP contribution >= 0.6 is 0 Å². The molecule has 5 heteroatoms. The quantitative estimate of drug-likeness (QED) is 0.166. The standard InChI is InChI=1S/C54H41FN4/c1-54(28-27-52-48(33-54)46-18-10-11-19-49(46)58(52)44-15-7-4-8-16-44)42-25-26-51-47(32-42)45-17-9-12-20-50(45)59(51)53-56-34-41(35-57(53)2)40-29-39(30-43(55)31-40)38-23-21-37(22-24-38)36-13-5-3-6-14-36/h3-32,34-35,53H,33H2,1-2H3. The summed E-state index contributed by atoms with van der Waals surface area (Å²) < 4.78 is 20.0. The van der Waals surface area contributed by atoms with Gasteiger partial charge in [0, 0.05) is 58.0 Å². The van der Waals surface area contributed by atoms with Gasteiger partial charge in [-0.1, -0.05) is 128 Å². The van der Waals surface area contributed by atoms with Gasteiger partial charge in [0.2, 0.25) is 6.29 Å². The van der Waals surface area contributed by atoms with Gasteiger partial charge in [0.05, 0.1) is 16.6 Å². The predicted octanol–water partition coefficient (Wildman–Crippen LogP) is 13.3. The van der Waals surface area contributed by atoms with Gasteiger partial charge >= 0.3 is 0 Å². The van der Waals surface area contributed by atoms with Gasteiger partial charge < -0.3 is 14.0 Å². The molecular weight excluding hydrogens is 724 g/mol. The zero-order valence-electron chi connectivity index (χ0n) is 32.9. The molecule has 284 valence electrons. The van der Waals surface area contributed by atoms with Crippen molar-refractivity contribution in [1.82, 2.24) is 14.0 Å². The Morgan fingerprint density at radius 2 is 1.22 bits per heavy atom. The highest BCUT2D eigenvalue weighted by atomic mass is 19.1. The van der Waals surface area contributed by atoms with Crippen molar-refractivity contribution in [3.63, 3.8) is 0 Å². The molecule has 0 N–H and O–H groups in total. The number of aliphatic imine (C=N–C) groups is 1. The third kappa shape index (κ3) is 5.84. The molecule has 2 unspecified atom stereocenters. The Hall–Kier alpha value is -7.24. The molecular formula is C54H41FN4. The maximum atomic E-state index is 15.3. The van der Waals surface area contributed by atoms with Gasteiger partial charge in [-0.25, -0.2) is 9.38 Å². The molecule has 0 saturated heterocycles. The van der Waals surface area contributed by atoms with Crippen LogP contribution < -0.4 is 0 Å². The molecule has 0 amide bonds. The van der Waals surface area contributed by atoms with E-state index in [-0.39, 0.29) is 17.5 Å². The first-order valence-electron chi connectivity index (χ1n) is 20.3. The smallest absolute Gasteiger partial charge is 0.202 e. The van der Waals surface area contributed by atoms with E-state index < -0.39 is 0 Å². The van der Waals surface area contributed by atoms with Crippen molar-refractivity contribution in [2.45, 2.75) is 25.0 Å². The molecule has 2 aromatic heterocycles. The molecule has 0 radical (unpaired) electrons. The summed E-state index contributed by atoms with van der Waals surface area (Å²) in [4.78, 5) is 7.28. The molecule has 1 aliphatic carbocycles. The first-order chi connectivity index (χ1) is 28.9. The molecule has 9 aromatic rings. The lowest BCUT2D eigenvalue weighted by Gasteiger charge is -2.31. The van der Waals surface area contributed by atoms with Gasteiger partial charge in [0.15, 0.2) is 0 Å². The first-order valence-corrected chi connectivity index (χ1v) is 20.3. The number of fused-ring (bicyclic) bond motifs is 6. The number of halogens is 1. The van der Waals surface area contributed by atoms with E-state index in [0.29, 0.717) is 0 Å². The average molecular weight is 765 g/mol. The molecule has 2 aliphatic rings. The summed E-state index contributed by atoms with van der Waals surface area (Å²) in [6, 6.07) is 58.9. The van der Waals surface area contributed by atoms with Crippen molar-refractivity contribution in [3.05, 3.63) is 210 Å². The molecule has 0 bridgehead atoms. The summed E-state index contributed by atoms with van der Waals surface area (Å²) in [5.41, 5.74) is 14.1. The van der Waals surface area contributed by atoms with Crippen LogP contribution in [-0.2, 0) is 11.8 Å². The number of nitrogens with zero attached hydrogens (tertiary/aromatic N) is 4. The third-order valence-corrected chi connectivity index (χ3v) is 12.4. The lowest BCUT2D eigenvalue weighted by Crippen LogP contribution is -2.26. The van der Waals surface area contributed by atoms with E-state index in [1.807, 2.05) is 24.4 Å². The SMILES string of the molecule is CN1C=C(c2cc(F)cc(-c3ccc(-c4ccccc4)cc3)c2)C=NC1n1c2ccccc2c2cc(C3(C)C=Cc4c(c5ccccc5n4-c4ccccc4)C3)ccc21. The lowest BCUT2D eigenvalue weighted by molar-refractivity contribution is 0.268. The van der Waals surface area contributed by atoms with Crippen LogP contribution in [0.5, 0.6) is 0 Å². The topological polar surface area (TPSA) is 25.5 Å². The van der Waals surface area contributed by atoms with Gasteiger partial charge in [0.1, 0.15) is 5.82 Å². The number of aromatic nitrogens is 2. The third-order valence-electron chi connectivity index (χ3n) is 12.4. The molecule has 0 saturated carbocycles. The van der Waals surface area contributed by atoms with E-state index in [4.69, 9.17) is 4.99 Å². The summed E-state index contributed by atoms with van der Waals surface area (Å²) in [6.45, 7) is 2.37. The van der Waals surface area contributed by atoms with Crippen LogP contribution in [0.15, 0.2) is 187 Å². The van der Waals surface area contributed by atoms with Crippen molar-refractivity contribution in [2.24, 2.45) is 4.99 Å². The Labute approximate surface area is 343 Å². The van der Waals surface area contributed by atoms with E-state index in [1.54, 1.807) is 12.1 Å². The highest BCUT2D eigenvalue weighted by molar-refractivity contribution is 6.11. The fraction of sp³-hybridized carbons (Fsp3) is 0.0926. The van der Waals surface area contributed by atoms with Gasteiger partial charge in [0.25, 0.3) is 0 Å². The first kappa shape index (κ1) is 35.0. The van der Waals surface area contributed by atoms with Crippen LogP contribution in [0.2, 0.25) is 0 Å². The summed E-state index contributed by atoms with van der Waals surface area (Å²) >= 11 is 0. The molecule has 59 heavy (non-hydrogen) atoms. The number of hydrogen-bond donors (Lipinski definition) is 0. The Balaban J connectivity index is 0.925. The van der Waals surface area contributed by atoms with Gasteiger partial charge in [-0.15, -0.1) is 0 Å². The number of para-hydroxylation sites is 3. The molecule has 0 spiro atoms. The molecule has 7 aromatic carbocycles. The maximum absolute atomic E-state index is 15.3. The van der Waals surface area contributed by atoms with E-state index >= 15 is 4.39 Å². The number of allylic oxidation sites excluding steroid dienone is 2. The minimum Gasteiger partial charge on any atom is -0.341 e. The van der Waals surface area contributed by atoms with Crippen molar-refractivity contribution in [1.29, 1.82) is 0 Å². The summed E-state index contributed by atoms with van der Waals surface area (Å²) in [6.07, 6.45) is 9.29. The minimum absolute atomic E-state index is 0.207. The molecule has 4 nitrogen and oxygen atoms in total. The van der Waals surface area contributed by atoms with Gasteiger partial charge in [-0.2, -0.15) is 0 Å². The van der Waals surface area contributed by atoms with E-state index in [1.165, 1.54) is 44.2 Å². The second-order valence-corrected chi connectivity index (χ2v) is 16.1. The highest BCUT2D eigenvalue weighted by Gasteiger charge is 2.33.